The van der Waals surface area contributed by atoms with Crippen LogP contribution < -0.4 is 12.4 Å². The topological polar surface area (TPSA) is 26.3 Å². The highest BCUT2D eigenvalue weighted by atomic mass is 35.5. The minimum atomic E-state index is -0.0428. The molecule has 1 aliphatic heterocycles. The number of carbonyl (C=O) groups excluding carboxylic acids is 1. The van der Waals surface area contributed by atoms with Gasteiger partial charge in [0.2, 0.25) is 6.73 Å². The van der Waals surface area contributed by atoms with Gasteiger partial charge in [-0.2, -0.15) is 0 Å². The fraction of sp³-hybridized carbons (Fsp3) is 0.909. The van der Waals surface area contributed by atoms with E-state index < -0.39 is 0 Å². The Hall–Kier alpha value is -0.280. The van der Waals surface area contributed by atoms with Crippen molar-refractivity contribution in [1.82, 2.24) is 0 Å². The second-order valence-corrected chi connectivity index (χ2v) is 4.68. The van der Waals surface area contributed by atoms with Crippen molar-refractivity contribution in [2.75, 3.05) is 26.9 Å². The molecule has 4 heteroatoms. The molecule has 1 fully saturated rings. The maximum Gasteiger partial charge on any atom is 0.312 e. The highest BCUT2D eigenvalue weighted by Gasteiger charge is 2.28. The molecule has 0 radical (unpaired) electrons. The van der Waals surface area contributed by atoms with Crippen LogP contribution in [-0.4, -0.2) is 37.3 Å². The van der Waals surface area contributed by atoms with Gasteiger partial charge in [0.1, 0.15) is 0 Å². The summed E-state index contributed by atoms with van der Waals surface area (Å²) in [5.74, 6) is 0.00273. The number of ether oxygens (including phenoxy) is 1. The van der Waals surface area contributed by atoms with Gasteiger partial charge in [-0.15, -0.1) is 0 Å². The Labute approximate surface area is 98.8 Å². The monoisotopic (exact) mass is 235 g/mol. The van der Waals surface area contributed by atoms with E-state index in [9.17, 15) is 4.79 Å². The molecule has 1 heterocycles. The van der Waals surface area contributed by atoms with Crippen molar-refractivity contribution in [1.29, 1.82) is 0 Å². The van der Waals surface area contributed by atoms with E-state index in [-0.39, 0.29) is 24.3 Å². The van der Waals surface area contributed by atoms with Gasteiger partial charge in [-0.05, 0) is 6.42 Å². The number of hydrogen-bond acceptors (Lipinski definition) is 2. The molecule has 0 aromatic carbocycles. The first-order valence-corrected chi connectivity index (χ1v) is 5.57. The van der Waals surface area contributed by atoms with Crippen molar-refractivity contribution in [3.8, 4) is 0 Å². The third kappa shape index (κ3) is 4.39. The summed E-state index contributed by atoms with van der Waals surface area (Å²) in [5.41, 5.74) is 0. The largest absolute Gasteiger partial charge is 1.00 e. The number of nitrogens with zero attached hydrogens (tertiary/aromatic N) is 1. The van der Waals surface area contributed by atoms with E-state index in [2.05, 4.69) is 7.05 Å². The predicted molar refractivity (Wildman–Crippen MR) is 55.6 cm³/mol. The number of likely N-dealkylation sites (tertiary alicyclic amines) is 1. The first kappa shape index (κ1) is 14.7. The van der Waals surface area contributed by atoms with Gasteiger partial charge in [0.15, 0.2) is 0 Å². The van der Waals surface area contributed by atoms with E-state index in [1.807, 2.05) is 13.8 Å². The minimum Gasteiger partial charge on any atom is -1.00 e. The quantitative estimate of drug-likeness (QED) is 0.451. The van der Waals surface area contributed by atoms with E-state index in [1.165, 1.54) is 12.8 Å². The van der Waals surface area contributed by atoms with Crippen molar-refractivity contribution in [3.63, 3.8) is 0 Å². The molecule has 1 rings (SSSR count). The Balaban J connectivity index is 0.00000196. The first-order chi connectivity index (χ1) is 6.57. The van der Waals surface area contributed by atoms with Gasteiger partial charge in [0, 0.05) is 12.8 Å². The van der Waals surface area contributed by atoms with Crippen LogP contribution in [0.2, 0.25) is 0 Å². The zero-order valence-corrected chi connectivity index (χ0v) is 10.7. The van der Waals surface area contributed by atoms with Crippen LogP contribution in [0.5, 0.6) is 0 Å². The van der Waals surface area contributed by atoms with E-state index in [4.69, 9.17) is 4.74 Å². The standard InChI is InChI=1S/C11H22NO2.ClH/c1-4-10(2)11(13)14-9-12(3)7-5-6-8-12;/h10H,4-9H2,1-3H3;1H/q+1;/p-1. The van der Waals surface area contributed by atoms with Crippen LogP contribution in [0.1, 0.15) is 33.1 Å². The SMILES string of the molecule is CCC(C)C(=O)OC[N+]1(C)CCCC1.[Cl-]. The smallest absolute Gasteiger partial charge is 0.312 e. The van der Waals surface area contributed by atoms with Gasteiger partial charge in [-0.1, -0.05) is 13.8 Å². The molecule has 1 atom stereocenters. The summed E-state index contributed by atoms with van der Waals surface area (Å²) in [6.07, 6.45) is 3.39. The average molecular weight is 236 g/mol. The van der Waals surface area contributed by atoms with E-state index in [0.717, 1.165) is 24.0 Å². The lowest BCUT2D eigenvalue weighted by atomic mass is 10.1. The molecule has 0 amide bonds. The van der Waals surface area contributed by atoms with Crippen molar-refractivity contribution in [2.45, 2.75) is 33.1 Å². The van der Waals surface area contributed by atoms with Crippen LogP contribution in [-0.2, 0) is 9.53 Å². The lowest BCUT2D eigenvalue weighted by Crippen LogP contribution is -3.00. The van der Waals surface area contributed by atoms with Crippen molar-refractivity contribution >= 4 is 5.97 Å². The van der Waals surface area contributed by atoms with Crippen molar-refractivity contribution in [3.05, 3.63) is 0 Å². The summed E-state index contributed by atoms with van der Waals surface area (Å²) in [4.78, 5) is 11.4. The summed E-state index contributed by atoms with van der Waals surface area (Å²) in [6.45, 7) is 6.79. The second-order valence-electron chi connectivity index (χ2n) is 4.68. The molecule has 0 saturated carbocycles. The highest BCUT2D eigenvalue weighted by molar-refractivity contribution is 5.71. The zero-order valence-electron chi connectivity index (χ0n) is 9.96. The van der Waals surface area contributed by atoms with E-state index in [0.29, 0.717) is 6.73 Å². The number of hydrogen-bond donors (Lipinski definition) is 0. The Morgan fingerprint density at radius 2 is 1.93 bits per heavy atom. The molecule has 0 aromatic rings. The van der Waals surface area contributed by atoms with E-state index in [1.54, 1.807) is 0 Å². The predicted octanol–water partition coefficient (Wildman–Crippen LogP) is -1.22. The number of rotatable bonds is 4. The molecular weight excluding hydrogens is 214 g/mol. The zero-order chi connectivity index (χ0) is 10.6. The average Bonchev–Trinajstić information content (AvgIpc) is 2.61. The van der Waals surface area contributed by atoms with Crippen molar-refractivity contribution in [2.24, 2.45) is 5.92 Å². The summed E-state index contributed by atoms with van der Waals surface area (Å²) < 4.78 is 6.22. The van der Waals surface area contributed by atoms with Crippen LogP contribution in [0.3, 0.4) is 0 Å². The lowest BCUT2D eigenvalue weighted by Gasteiger charge is -2.28. The Bertz CT molecular complexity index is 203. The normalized spacial score (nSPS) is 20.5. The van der Waals surface area contributed by atoms with Gasteiger partial charge in [-0.25, -0.2) is 0 Å². The van der Waals surface area contributed by atoms with Crippen LogP contribution in [0.4, 0.5) is 0 Å². The molecule has 1 aliphatic rings. The fourth-order valence-electron chi connectivity index (χ4n) is 1.76. The lowest BCUT2D eigenvalue weighted by molar-refractivity contribution is -0.914. The van der Waals surface area contributed by atoms with Crippen LogP contribution >= 0.6 is 0 Å². The number of esters is 1. The maximum absolute atomic E-state index is 11.4. The minimum absolute atomic E-state index is 0. The maximum atomic E-state index is 11.4. The highest BCUT2D eigenvalue weighted by Crippen LogP contribution is 2.16. The molecule has 15 heavy (non-hydrogen) atoms. The molecule has 0 aromatic heterocycles. The number of quaternary nitrogens is 1. The molecule has 1 unspecified atom stereocenters. The summed E-state index contributed by atoms with van der Waals surface area (Å²) in [6, 6.07) is 0. The molecule has 0 bridgehead atoms. The van der Waals surface area contributed by atoms with E-state index >= 15 is 0 Å². The summed E-state index contributed by atoms with van der Waals surface area (Å²) in [5, 5.41) is 0. The number of carbonyl (C=O) groups is 1. The van der Waals surface area contributed by atoms with Gasteiger partial charge >= 0.3 is 5.97 Å². The van der Waals surface area contributed by atoms with Crippen LogP contribution in [0, 0.1) is 5.92 Å². The van der Waals surface area contributed by atoms with Gasteiger partial charge in [0.05, 0.1) is 26.1 Å². The van der Waals surface area contributed by atoms with Crippen molar-refractivity contribution < 1.29 is 26.4 Å². The first-order valence-electron chi connectivity index (χ1n) is 5.57. The molecule has 1 saturated heterocycles. The summed E-state index contributed by atoms with van der Waals surface area (Å²) in [7, 11) is 2.16. The summed E-state index contributed by atoms with van der Waals surface area (Å²) >= 11 is 0. The molecule has 90 valence electrons. The van der Waals surface area contributed by atoms with Gasteiger partial charge < -0.3 is 17.1 Å². The molecule has 3 nitrogen and oxygen atoms in total. The third-order valence-electron chi connectivity index (χ3n) is 3.18. The molecular formula is C11H22ClNO2. The Kier molecular flexibility index (Phi) is 6.22. The molecule has 0 N–H and O–H groups in total. The third-order valence-corrected chi connectivity index (χ3v) is 3.18. The molecule has 0 spiro atoms. The van der Waals surface area contributed by atoms with Crippen LogP contribution in [0.15, 0.2) is 0 Å². The second kappa shape index (κ2) is 6.33. The van der Waals surface area contributed by atoms with Gasteiger partial charge in [-0.3, -0.25) is 9.28 Å². The Morgan fingerprint density at radius 1 is 1.40 bits per heavy atom. The van der Waals surface area contributed by atoms with Gasteiger partial charge in [0.25, 0.3) is 0 Å². The number of halogens is 1. The molecule has 0 aliphatic carbocycles. The van der Waals surface area contributed by atoms with Crippen LogP contribution in [0.25, 0.3) is 0 Å². The Morgan fingerprint density at radius 3 is 2.40 bits per heavy atom. The fourth-order valence-corrected chi connectivity index (χ4v) is 1.76.